The van der Waals surface area contributed by atoms with E-state index in [4.69, 9.17) is 9.51 Å². The van der Waals surface area contributed by atoms with Crippen LogP contribution in [0.4, 0.5) is 0 Å². The van der Waals surface area contributed by atoms with E-state index in [0.717, 1.165) is 16.8 Å². The Morgan fingerprint density at radius 2 is 1.65 bits per heavy atom. The van der Waals surface area contributed by atoms with Crippen LogP contribution in [0.5, 0.6) is 0 Å². The summed E-state index contributed by atoms with van der Waals surface area (Å²) in [6, 6.07) is 2.08. The molecule has 0 spiro atoms. The first-order valence-electron chi connectivity index (χ1n) is 5.96. The van der Waals surface area contributed by atoms with Crippen LogP contribution >= 0.6 is 0 Å². The van der Waals surface area contributed by atoms with Crippen molar-refractivity contribution in [1.29, 1.82) is 0 Å². The van der Waals surface area contributed by atoms with Crippen LogP contribution in [-0.4, -0.2) is 10.1 Å². The largest absolute Gasteiger partial charge is 0.355 e. The van der Waals surface area contributed by atoms with E-state index in [1.54, 1.807) is 6.20 Å². The van der Waals surface area contributed by atoms with Crippen LogP contribution in [-0.2, 0) is 10.8 Å². The summed E-state index contributed by atoms with van der Waals surface area (Å²) in [5, 5.41) is 3.81. The van der Waals surface area contributed by atoms with Gasteiger partial charge in [-0.25, -0.2) is 4.98 Å². The highest BCUT2D eigenvalue weighted by Crippen LogP contribution is 2.34. The van der Waals surface area contributed by atoms with Gasteiger partial charge in [-0.3, -0.25) is 0 Å². The van der Waals surface area contributed by atoms with Gasteiger partial charge >= 0.3 is 0 Å². The third kappa shape index (κ3) is 2.19. The summed E-state index contributed by atoms with van der Waals surface area (Å²) < 4.78 is 5.21. The van der Waals surface area contributed by atoms with Crippen LogP contribution in [0.25, 0.3) is 11.1 Å². The van der Waals surface area contributed by atoms with Gasteiger partial charge in [0.15, 0.2) is 5.58 Å². The molecule has 0 atom stereocenters. The topological polar surface area (TPSA) is 38.9 Å². The first kappa shape index (κ1) is 12.1. The Hall–Kier alpha value is -1.38. The second kappa shape index (κ2) is 3.56. The van der Waals surface area contributed by atoms with Crippen LogP contribution < -0.4 is 0 Å². The monoisotopic (exact) mass is 232 g/mol. The van der Waals surface area contributed by atoms with Crippen molar-refractivity contribution >= 4 is 11.1 Å². The molecule has 0 aliphatic heterocycles. The van der Waals surface area contributed by atoms with Crippen molar-refractivity contribution in [2.45, 2.75) is 52.4 Å². The molecule has 2 heterocycles. The van der Waals surface area contributed by atoms with Crippen molar-refractivity contribution in [3.05, 3.63) is 23.5 Å². The molecule has 0 aliphatic rings. The molecule has 0 aromatic carbocycles. The van der Waals surface area contributed by atoms with Crippen molar-refractivity contribution in [1.82, 2.24) is 10.1 Å². The minimum atomic E-state index is 0.0219. The Bertz CT molecular complexity index is 493. The third-order valence-corrected chi connectivity index (χ3v) is 2.86. The Balaban J connectivity index is 2.78. The summed E-state index contributed by atoms with van der Waals surface area (Å²) in [7, 11) is 0. The summed E-state index contributed by atoms with van der Waals surface area (Å²) in [6.07, 6.45) is 1.68. The van der Waals surface area contributed by atoms with Crippen molar-refractivity contribution < 1.29 is 4.52 Å². The minimum Gasteiger partial charge on any atom is -0.355 e. The molecule has 0 bridgehead atoms. The number of hydrogen-bond acceptors (Lipinski definition) is 3. The number of aromatic nitrogens is 2. The van der Waals surface area contributed by atoms with Crippen molar-refractivity contribution in [3.63, 3.8) is 0 Å². The maximum Gasteiger partial charge on any atom is 0.185 e. The number of nitrogens with zero attached hydrogens (tertiary/aromatic N) is 2. The van der Waals surface area contributed by atoms with Crippen molar-refractivity contribution in [3.8, 4) is 0 Å². The fraction of sp³-hybridized carbons (Fsp3) is 0.571. The van der Waals surface area contributed by atoms with E-state index < -0.39 is 0 Å². The van der Waals surface area contributed by atoms with E-state index in [1.807, 2.05) is 0 Å². The smallest absolute Gasteiger partial charge is 0.185 e. The summed E-state index contributed by atoms with van der Waals surface area (Å²) in [6.45, 7) is 13.1. The number of fused-ring (bicyclic) bond motifs is 1. The highest BCUT2D eigenvalue weighted by atomic mass is 16.5. The summed E-state index contributed by atoms with van der Waals surface area (Å²) in [5.74, 6) is 0. The zero-order valence-electron chi connectivity index (χ0n) is 11.5. The molecular weight excluding hydrogens is 212 g/mol. The van der Waals surface area contributed by atoms with E-state index in [2.05, 4.69) is 52.8 Å². The number of hydrogen-bond donors (Lipinski definition) is 0. The lowest BCUT2D eigenvalue weighted by Gasteiger charge is -2.28. The highest BCUT2D eigenvalue weighted by Gasteiger charge is 2.27. The van der Waals surface area contributed by atoms with Gasteiger partial charge in [-0.15, -0.1) is 0 Å². The Kier molecular flexibility index (Phi) is 2.53. The van der Waals surface area contributed by atoms with Gasteiger partial charge in [0.25, 0.3) is 0 Å². The molecule has 0 N–H and O–H groups in total. The number of rotatable bonds is 0. The van der Waals surface area contributed by atoms with Crippen LogP contribution in [0.15, 0.2) is 16.8 Å². The second-order valence-electron chi connectivity index (χ2n) is 6.59. The molecular formula is C14H20N2O. The van der Waals surface area contributed by atoms with Gasteiger partial charge in [-0.1, -0.05) is 46.7 Å². The fourth-order valence-corrected chi connectivity index (χ4v) is 1.95. The minimum absolute atomic E-state index is 0.0219. The van der Waals surface area contributed by atoms with Crippen LogP contribution in [0.3, 0.4) is 0 Å². The van der Waals surface area contributed by atoms with E-state index in [0.29, 0.717) is 0 Å². The van der Waals surface area contributed by atoms with Crippen LogP contribution in [0, 0.1) is 0 Å². The Morgan fingerprint density at radius 1 is 1.00 bits per heavy atom. The second-order valence-corrected chi connectivity index (χ2v) is 6.59. The summed E-state index contributed by atoms with van der Waals surface area (Å²) in [4.78, 5) is 4.72. The Labute approximate surface area is 102 Å². The lowest BCUT2D eigenvalue weighted by molar-refractivity contribution is 0.453. The first-order chi connectivity index (χ1) is 7.69. The van der Waals surface area contributed by atoms with Crippen LogP contribution in [0.2, 0.25) is 0 Å². The average Bonchev–Trinajstić information content (AvgIpc) is 2.59. The molecule has 0 unspecified atom stereocenters. The molecule has 3 nitrogen and oxygen atoms in total. The quantitative estimate of drug-likeness (QED) is 0.693. The summed E-state index contributed by atoms with van der Waals surface area (Å²) in [5.41, 5.74) is 4.03. The molecule has 0 radical (unpaired) electrons. The molecule has 0 amide bonds. The molecule has 0 aliphatic carbocycles. The van der Waals surface area contributed by atoms with Crippen molar-refractivity contribution in [2.75, 3.05) is 0 Å². The standard InChI is InChI=1S/C14H20N2O/c1-13(2,3)9-7-11-10(8-15-17-11)16-12(9)14(4,5)6/h7-8H,1-6H3. The Morgan fingerprint density at radius 3 is 2.18 bits per heavy atom. The van der Waals surface area contributed by atoms with Gasteiger partial charge in [0.05, 0.1) is 11.9 Å². The zero-order chi connectivity index (χ0) is 12.8. The summed E-state index contributed by atoms with van der Waals surface area (Å²) >= 11 is 0. The van der Waals surface area contributed by atoms with Gasteiger partial charge in [-0.2, -0.15) is 0 Å². The highest BCUT2D eigenvalue weighted by molar-refractivity contribution is 5.72. The molecule has 2 rings (SSSR count). The maximum atomic E-state index is 5.21. The fourth-order valence-electron chi connectivity index (χ4n) is 1.95. The molecule has 2 aromatic heterocycles. The molecule has 92 valence electrons. The first-order valence-corrected chi connectivity index (χ1v) is 5.96. The van der Waals surface area contributed by atoms with E-state index in [-0.39, 0.29) is 10.8 Å². The molecule has 17 heavy (non-hydrogen) atoms. The predicted molar refractivity (Wildman–Crippen MR) is 69.2 cm³/mol. The maximum absolute atomic E-state index is 5.21. The van der Waals surface area contributed by atoms with E-state index in [9.17, 15) is 0 Å². The van der Waals surface area contributed by atoms with Gasteiger partial charge in [-0.05, 0) is 17.0 Å². The van der Waals surface area contributed by atoms with E-state index >= 15 is 0 Å². The van der Waals surface area contributed by atoms with Crippen molar-refractivity contribution in [2.24, 2.45) is 0 Å². The molecule has 3 heteroatoms. The molecule has 0 fully saturated rings. The van der Waals surface area contributed by atoms with Gasteiger partial charge in [0, 0.05) is 5.41 Å². The van der Waals surface area contributed by atoms with E-state index in [1.165, 1.54) is 5.56 Å². The SMILES string of the molecule is CC(C)(C)c1cc2oncc2nc1C(C)(C)C. The third-order valence-electron chi connectivity index (χ3n) is 2.86. The molecule has 2 aromatic rings. The van der Waals surface area contributed by atoms with Crippen LogP contribution in [0.1, 0.15) is 52.8 Å². The molecule has 0 saturated heterocycles. The van der Waals surface area contributed by atoms with Gasteiger partial charge < -0.3 is 4.52 Å². The zero-order valence-corrected chi connectivity index (χ0v) is 11.5. The average molecular weight is 232 g/mol. The molecule has 0 saturated carbocycles. The van der Waals surface area contributed by atoms with Gasteiger partial charge in [0.1, 0.15) is 5.52 Å². The number of pyridine rings is 1. The lowest BCUT2D eigenvalue weighted by atomic mass is 9.78. The van der Waals surface area contributed by atoms with Gasteiger partial charge in [0.2, 0.25) is 0 Å². The predicted octanol–water partition coefficient (Wildman–Crippen LogP) is 3.82. The lowest BCUT2D eigenvalue weighted by Crippen LogP contribution is -2.23. The normalized spacial score (nSPS) is 13.3.